The summed E-state index contributed by atoms with van der Waals surface area (Å²) in [6.07, 6.45) is 6.81. The van der Waals surface area contributed by atoms with Gasteiger partial charge in [-0.2, -0.15) is 0 Å². The van der Waals surface area contributed by atoms with Crippen molar-refractivity contribution in [1.29, 1.82) is 0 Å². The third-order valence-corrected chi connectivity index (χ3v) is 13.0. The predicted molar refractivity (Wildman–Crippen MR) is 265 cm³/mol. The Kier molecular flexibility index (Phi) is 13.5. The molecule has 70 heavy (non-hydrogen) atoms. The van der Waals surface area contributed by atoms with E-state index >= 15 is 0 Å². The number of halogens is 3. The summed E-state index contributed by atoms with van der Waals surface area (Å²) >= 11 is 5.98. The van der Waals surface area contributed by atoms with Gasteiger partial charge in [0.15, 0.2) is 11.6 Å². The zero-order chi connectivity index (χ0) is 51.2. The summed E-state index contributed by atoms with van der Waals surface area (Å²) in [7, 11) is 4.97. The van der Waals surface area contributed by atoms with Gasteiger partial charge in [0, 0.05) is 79.9 Å². The Bertz CT molecular complexity index is 3020. The summed E-state index contributed by atoms with van der Waals surface area (Å²) in [5.74, 6) is -2.73. The van der Waals surface area contributed by atoms with Crippen molar-refractivity contribution in [2.45, 2.75) is 64.7 Å². The molecular formula is C52H50ClF2N9O6. The van der Waals surface area contributed by atoms with E-state index in [0.717, 1.165) is 28.7 Å². The van der Waals surface area contributed by atoms with Crippen LogP contribution >= 0.6 is 11.6 Å². The molecule has 0 unspecified atom stereocenters. The molecule has 18 heteroatoms. The Labute approximate surface area is 408 Å². The average Bonchev–Trinajstić information content (AvgIpc) is 3.70. The molecular weight excluding hydrogens is 920 g/mol. The van der Waals surface area contributed by atoms with Gasteiger partial charge < -0.3 is 30.7 Å². The normalized spacial score (nSPS) is 15.4. The number of fused-ring (bicyclic) bond motifs is 3. The smallest absolute Gasteiger partial charge is 0.258 e. The number of benzene rings is 3. The fourth-order valence-corrected chi connectivity index (χ4v) is 8.85. The topological polar surface area (TPSA) is 187 Å². The van der Waals surface area contributed by atoms with Gasteiger partial charge in [0.25, 0.3) is 17.7 Å². The number of hydrogen-bond acceptors (Lipinski definition) is 9. The molecule has 0 aliphatic carbocycles. The fourth-order valence-electron chi connectivity index (χ4n) is 8.64. The molecule has 3 aromatic carbocycles. The van der Waals surface area contributed by atoms with E-state index in [1.165, 1.54) is 48.9 Å². The lowest BCUT2D eigenvalue weighted by atomic mass is 9.86. The Morgan fingerprint density at radius 2 is 1.06 bits per heavy atom. The Morgan fingerprint density at radius 3 is 1.59 bits per heavy atom. The molecule has 0 fully saturated rings. The first-order valence-corrected chi connectivity index (χ1v) is 22.3. The second kappa shape index (κ2) is 18.9. The van der Waals surface area contributed by atoms with Crippen molar-refractivity contribution >= 4 is 81.2 Å². The standard InChI is InChI=1S/C18H18FN3O2.C17H16ClN3O2.C17H16FN3O2/c1-10-9-11(7-8-20-10)16(23)21-13-6-5-12-15(14(13)19)22(4)17(24)18(12,2)3;2*1-17(2)12-5-4-10(8-14(12)21(3)16(17)23)20-15(22)11-6-7-19-9-13(11)18/h5-9H,1-4H3,(H,21,23);2*4-9H,1-3H3,(H,20,22). The Hall–Kier alpha value is -7.92. The van der Waals surface area contributed by atoms with Crippen molar-refractivity contribution in [3.8, 4) is 0 Å². The molecule has 6 heterocycles. The average molecular weight is 970 g/mol. The summed E-state index contributed by atoms with van der Waals surface area (Å²) in [6.45, 7) is 12.8. The highest BCUT2D eigenvalue weighted by molar-refractivity contribution is 6.34. The maximum Gasteiger partial charge on any atom is 0.258 e. The van der Waals surface area contributed by atoms with Crippen LogP contribution in [0, 0.1) is 18.6 Å². The number of rotatable bonds is 6. The zero-order valence-electron chi connectivity index (χ0n) is 40.1. The van der Waals surface area contributed by atoms with Crippen LogP contribution in [-0.4, -0.2) is 71.5 Å². The first-order valence-electron chi connectivity index (χ1n) is 21.9. The molecule has 3 aliphatic rings. The van der Waals surface area contributed by atoms with Gasteiger partial charge in [-0.15, -0.1) is 0 Å². The molecule has 3 aromatic heterocycles. The van der Waals surface area contributed by atoms with Crippen molar-refractivity contribution in [2.75, 3.05) is 51.8 Å². The third kappa shape index (κ3) is 9.19. The van der Waals surface area contributed by atoms with Gasteiger partial charge in [0.2, 0.25) is 17.7 Å². The van der Waals surface area contributed by atoms with Crippen molar-refractivity contribution in [3.05, 3.63) is 160 Å². The van der Waals surface area contributed by atoms with Crippen LogP contribution in [0.2, 0.25) is 5.02 Å². The van der Waals surface area contributed by atoms with Gasteiger partial charge in [-0.1, -0.05) is 29.8 Å². The van der Waals surface area contributed by atoms with Gasteiger partial charge >= 0.3 is 0 Å². The Morgan fingerprint density at radius 1 is 0.571 bits per heavy atom. The number of likely N-dealkylation sites (N-methyl/N-ethyl adjacent to an activating group) is 3. The monoisotopic (exact) mass is 969 g/mol. The lowest BCUT2D eigenvalue weighted by Crippen LogP contribution is -2.33. The van der Waals surface area contributed by atoms with Crippen molar-refractivity contribution in [3.63, 3.8) is 0 Å². The molecule has 0 spiro atoms. The number of anilines is 6. The van der Waals surface area contributed by atoms with Crippen LogP contribution in [0.15, 0.2) is 104 Å². The molecule has 6 amide bonds. The maximum absolute atomic E-state index is 14.9. The second-order valence-electron chi connectivity index (χ2n) is 18.5. The molecule has 0 atom stereocenters. The van der Waals surface area contributed by atoms with E-state index in [0.29, 0.717) is 38.8 Å². The van der Waals surface area contributed by atoms with Gasteiger partial charge in [-0.3, -0.25) is 43.7 Å². The highest BCUT2D eigenvalue weighted by atomic mass is 35.5. The maximum atomic E-state index is 14.9. The van der Waals surface area contributed by atoms with Crippen molar-refractivity contribution in [2.24, 2.45) is 0 Å². The fraction of sp³-hybridized carbons (Fsp3) is 0.250. The number of nitrogens with zero attached hydrogens (tertiary/aromatic N) is 6. The van der Waals surface area contributed by atoms with Gasteiger partial charge in [-0.25, -0.2) is 8.78 Å². The van der Waals surface area contributed by atoms with Crippen LogP contribution in [0.4, 0.5) is 42.9 Å². The van der Waals surface area contributed by atoms with E-state index in [2.05, 4.69) is 30.9 Å². The van der Waals surface area contributed by atoms with Crippen LogP contribution in [0.25, 0.3) is 0 Å². The lowest BCUT2D eigenvalue weighted by molar-refractivity contribution is -0.122. The predicted octanol–water partition coefficient (Wildman–Crippen LogP) is 9.00. The number of amides is 6. The Balaban J connectivity index is 0.000000155. The largest absolute Gasteiger partial charge is 0.322 e. The molecule has 9 rings (SSSR count). The van der Waals surface area contributed by atoms with Gasteiger partial charge in [0.05, 0.1) is 50.0 Å². The van der Waals surface area contributed by atoms with E-state index < -0.39 is 39.7 Å². The van der Waals surface area contributed by atoms with E-state index in [4.69, 9.17) is 11.6 Å². The van der Waals surface area contributed by atoms with Crippen LogP contribution in [0.1, 0.15) is 95.0 Å². The van der Waals surface area contributed by atoms with E-state index in [9.17, 15) is 37.5 Å². The first kappa shape index (κ1) is 50.0. The van der Waals surface area contributed by atoms with Crippen LogP contribution in [0.3, 0.4) is 0 Å². The summed E-state index contributed by atoms with van der Waals surface area (Å²) in [4.78, 5) is 89.6. The molecule has 0 radical (unpaired) electrons. The summed E-state index contributed by atoms with van der Waals surface area (Å²) in [6, 6.07) is 20.0. The number of aromatic nitrogens is 3. The van der Waals surface area contributed by atoms with Gasteiger partial charge in [0.1, 0.15) is 0 Å². The summed E-state index contributed by atoms with van der Waals surface area (Å²) in [5, 5.41) is 8.31. The van der Waals surface area contributed by atoms with E-state index in [-0.39, 0.29) is 40.6 Å². The molecule has 0 saturated carbocycles. The number of hydrogen-bond donors (Lipinski definition) is 3. The molecule has 0 bridgehead atoms. The highest BCUT2D eigenvalue weighted by Gasteiger charge is 2.45. The minimum absolute atomic E-state index is 0.00356. The first-order chi connectivity index (χ1) is 32.9. The quantitative estimate of drug-likeness (QED) is 0.146. The second-order valence-corrected chi connectivity index (χ2v) is 18.9. The highest BCUT2D eigenvalue weighted by Crippen LogP contribution is 2.45. The van der Waals surface area contributed by atoms with Gasteiger partial charge in [-0.05, 0) is 120 Å². The number of carbonyl (C=O) groups excluding carboxylic acids is 6. The SMILES string of the molecule is CN1C(=O)C(C)(C)c2ccc(NC(=O)c3ccncc3Cl)cc21.CN1C(=O)C(C)(C)c2ccc(NC(=O)c3ccncc3F)cc21.Cc1cc(C(=O)Nc2ccc3c(c2F)N(C)C(=O)C3(C)C)ccn1. The minimum Gasteiger partial charge on any atom is -0.322 e. The number of carbonyl (C=O) groups is 6. The van der Waals surface area contributed by atoms with Crippen LogP contribution in [0.5, 0.6) is 0 Å². The summed E-state index contributed by atoms with van der Waals surface area (Å²) < 4.78 is 28.5. The molecule has 6 aromatic rings. The lowest BCUT2D eigenvalue weighted by Gasteiger charge is -2.16. The number of nitrogens with one attached hydrogen (secondary N) is 3. The molecule has 15 nitrogen and oxygen atoms in total. The van der Waals surface area contributed by atoms with Crippen molar-refractivity contribution < 1.29 is 37.5 Å². The van der Waals surface area contributed by atoms with Crippen LogP contribution < -0.4 is 30.7 Å². The number of pyridine rings is 3. The minimum atomic E-state index is -0.782. The molecule has 360 valence electrons. The zero-order valence-corrected chi connectivity index (χ0v) is 40.8. The summed E-state index contributed by atoms with van der Waals surface area (Å²) in [5.41, 5.74) is 4.83. The van der Waals surface area contributed by atoms with Crippen LogP contribution in [-0.2, 0) is 30.6 Å². The molecule has 0 saturated heterocycles. The van der Waals surface area contributed by atoms with E-state index in [1.807, 2.05) is 39.8 Å². The van der Waals surface area contributed by atoms with Crippen molar-refractivity contribution in [1.82, 2.24) is 15.0 Å². The molecule has 3 aliphatic heterocycles. The molecule has 3 N–H and O–H groups in total. The third-order valence-electron chi connectivity index (χ3n) is 12.7. The van der Waals surface area contributed by atoms with E-state index in [1.54, 1.807) is 93.2 Å². The number of aryl methyl sites for hydroxylation is 1.